The number of likely N-dealkylation sites (tertiary alicyclic amines) is 1. The predicted octanol–water partition coefficient (Wildman–Crippen LogP) is 1.53. The number of methoxy groups -OCH3 is 1. The van der Waals surface area contributed by atoms with E-state index in [9.17, 15) is 21.6 Å². The Labute approximate surface area is 184 Å². The third kappa shape index (κ3) is 4.90. The van der Waals surface area contributed by atoms with Crippen molar-refractivity contribution < 1.29 is 31.1 Å². The van der Waals surface area contributed by atoms with E-state index in [1.54, 1.807) is 32.9 Å². The summed E-state index contributed by atoms with van der Waals surface area (Å²) in [6.07, 6.45) is 1.34. The van der Waals surface area contributed by atoms with Gasteiger partial charge in [-0.25, -0.2) is 16.8 Å². The van der Waals surface area contributed by atoms with Crippen molar-refractivity contribution in [2.45, 2.75) is 49.8 Å². The number of benzene rings is 1. The van der Waals surface area contributed by atoms with Gasteiger partial charge in [0.2, 0.25) is 0 Å². The van der Waals surface area contributed by atoms with Gasteiger partial charge in [-0.2, -0.15) is 0 Å². The van der Waals surface area contributed by atoms with Crippen LogP contribution < -0.4 is 4.74 Å². The van der Waals surface area contributed by atoms with Crippen LogP contribution in [0.25, 0.3) is 0 Å². The summed E-state index contributed by atoms with van der Waals surface area (Å²) in [7, 11) is -5.94. The maximum atomic E-state index is 13.6. The number of rotatable bonds is 6. The Kier molecular flexibility index (Phi) is 7.02. The molecule has 0 aromatic heterocycles. The summed E-state index contributed by atoms with van der Waals surface area (Å²) in [5, 5.41) is -1.08. The number of nitrogens with zero attached hydrogens (tertiary/aromatic N) is 1. The molecule has 1 unspecified atom stereocenters. The maximum Gasteiger partial charge on any atom is 0.310 e. The SMILES string of the molecule is CCOC(=O)C1CCCN([C@H]2CS(=O)(=O)C[C@@H]2S(=O)(=O)c2cc(C)c(OC)cc2C)C1. The molecule has 0 N–H and O–H groups in total. The van der Waals surface area contributed by atoms with E-state index < -0.39 is 36.7 Å². The number of ether oxygens (including phenoxy) is 2. The van der Waals surface area contributed by atoms with E-state index in [4.69, 9.17) is 9.47 Å². The van der Waals surface area contributed by atoms with Crippen LogP contribution in [0.1, 0.15) is 30.9 Å². The van der Waals surface area contributed by atoms with Gasteiger partial charge in [-0.05, 0) is 63.4 Å². The fourth-order valence-electron chi connectivity index (χ4n) is 4.65. The van der Waals surface area contributed by atoms with Crippen LogP contribution in [0.4, 0.5) is 0 Å². The van der Waals surface area contributed by atoms with Gasteiger partial charge in [-0.3, -0.25) is 9.69 Å². The Morgan fingerprint density at radius 2 is 1.90 bits per heavy atom. The van der Waals surface area contributed by atoms with Gasteiger partial charge < -0.3 is 9.47 Å². The minimum Gasteiger partial charge on any atom is -0.496 e. The van der Waals surface area contributed by atoms with Crippen molar-refractivity contribution in [3.05, 3.63) is 23.3 Å². The lowest BCUT2D eigenvalue weighted by Crippen LogP contribution is -2.51. The number of hydrogen-bond donors (Lipinski definition) is 0. The molecule has 0 aliphatic carbocycles. The van der Waals surface area contributed by atoms with Crippen LogP contribution in [0.5, 0.6) is 5.75 Å². The van der Waals surface area contributed by atoms with E-state index in [2.05, 4.69) is 0 Å². The van der Waals surface area contributed by atoms with E-state index in [0.717, 1.165) is 0 Å². The monoisotopic (exact) mass is 473 g/mol. The highest BCUT2D eigenvalue weighted by atomic mass is 32.2. The first-order chi connectivity index (χ1) is 14.5. The van der Waals surface area contributed by atoms with E-state index >= 15 is 0 Å². The molecule has 31 heavy (non-hydrogen) atoms. The lowest BCUT2D eigenvalue weighted by molar-refractivity contribution is -0.150. The van der Waals surface area contributed by atoms with Gasteiger partial charge in [-0.1, -0.05) is 0 Å². The molecular weight excluding hydrogens is 442 g/mol. The first-order valence-corrected chi connectivity index (χ1v) is 13.9. The Morgan fingerprint density at radius 1 is 1.19 bits per heavy atom. The maximum absolute atomic E-state index is 13.6. The highest BCUT2D eigenvalue weighted by molar-refractivity contribution is 7.96. The highest BCUT2D eigenvalue weighted by Gasteiger charge is 2.49. The zero-order chi connectivity index (χ0) is 23.0. The summed E-state index contributed by atoms with van der Waals surface area (Å²) in [6, 6.07) is 2.54. The lowest BCUT2D eigenvalue weighted by Gasteiger charge is -2.37. The molecule has 0 bridgehead atoms. The molecule has 8 nitrogen and oxygen atoms in total. The lowest BCUT2D eigenvalue weighted by atomic mass is 9.96. The van der Waals surface area contributed by atoms with E-state index in [1.807, 2.05) is 4.90 Å². The van der Waals surface area contributed by atoms with Crippen LogP contribution in [-0.4, -0.2) is 77.3 Å². The summed E-state index contributed by atoms with van der Waals surface area (Å²) in [5.74, 6) is -0.731. The molecule has 1 aromatic rings. The number of piperidine rings is 1. The molecule has 10 heteroatoms. The van der Waals surface area contributed by atoms with Crippen LogP contribution >= 0.6 is 0 Å². The topological polar surface area (TPSA) is 107 Å². The minimum atomic E-state index is -3.93. The predicted molar refractivity (Wildman–Crippen MR) is 117 cm³/mol. The molecule has 2 heterocycles. The van der Waals surface area contributed by atoms with Gasteiger partial charge >= 0.3 is 5.97 Å². The Hall–Kier alpha value is -1.65. The molecule has 2 saturated heterocycles. The largest absolute Gasteiger partial charge is 0.496 e. The molecule has 0 saturated carbocycles. The van der Waals surface area contributed by atoms with Gasteiger partial charge in [0.25, 0.3) is 0 Å². The second-order valence-electron chi connectivity index (χ2n) is 8.40. The highest BCUT2D eigenvalue weighted by Crippen LogP contribution is 2.34. The molecule has 3 atom stereocenters. The van der Waals surface area contributed by atoms with Crippen molar-refractivity contribution >= 4 is 25.6 Å². The fourth-order valence-corrected chi connectivity index (χ4v) is 9.79. The first kappa shape index (κ1) is 24.0. The van der Waals surface area contributed by atoms with Crippen LogP contribution in [0.3, 0.4) is 0 Å². The molecular formula is C21H31NO7S2. The van der Waals surface area contributed by atoms with Crippen molar-refractivity contribution in [2.24, 2.45) is 5.92 Å². The molecule has 174 valence electrons. The van der Waals surface area contributed by atoms with Crippen molar-refractivity contribution in [3.8, 4) is 5.75 Å². The van der Waals surface area contributed by atoms with Crippen molar-refractivity contribution in [1.29, 1.82) is 0 Å². The Morgan fingerprint density at radius 3 is 2.55 bits per heavy atom. The summed E-state index contributed by atoms with van der Waals surface area (Å²) in [6.45, 7) is 6.33. The average Bonchev–Trinajstić information content (AvgIpc) is 3.06. The summed E-state index contributed by atoms with van der Waals surface area (Å²) in [4.78, 5) is 14.2. The summed E-state index contributed by atoms with van der Waals surface area (Å²) >= 11 is 0. The van der Waals surface area contributed by atoms with E-state index in [0.29, 0.717) is 42.8 Å². The Balaban J connectivity index is 1.95. The molecule has 0 spiro atoms. The minimum absolute atomic E-state index is 0.136. The molecule has 0 radical (unpaired) electrons. The second-order valence-corrected chi connectivity index (χ2v) is 12.7. The van der Waals surface area contributed by atoms with Crippen molar-refractivity contribution in [3.63, 3.8) is 0 Å². The van der Waals surface area contributed by atoms with E-state index in [1.165, 1.54) is 7.11 Å². The molecule has 0 amide bonds. The molecule has 1 aromatic carbocycles. The van der Waals surface area contributed by atoms with Gasteiger partial charge in [0.05, 0.1) is 41.3 Å². The summed E-state index contributed by atoms with van der Waals surface area (Å²) in [5.41, 5.74) is 1.19. The van der Waals surface area contributed by atoms with Crippen LogP contribution in [0.15, 0.2) is 17.0 Å². The molecule has 2 aliphatic heterocycles. The number of carbonyl (C=O) groups is 1. The summed E-state index contributed by atoms with van der Waals surface area (Å²) < 4.78 is 62.8. The van der Waals surface area contributed by atoms with Gasteiger partial charge in [0.15, 0.2) is 19.7 Å². The third-order valence-electron chi connectivity index (χ3n) is 6.21. The number of aryl methyl sites for hydroxylation is 2. The third-order valence-corrected chi connectivity index (χ3v) is 10.5. The average molecular weight is 474 g/mol. The van der Waals surface area contributed by atoms with Gasteiger partial charge in [0.1, 0.15) is 5.75 Å². The number of esters is 1. The van der Waals surface area contributed by atoms with Crippen LogP contribution in [-0.2, 0) is 29.2 Å². The second kappa shape index (κ2) is 9.07. The molecule has 3 rings (SSSR count). The van der Waals surface area contributed by atoms with Crippen molar-refractivity contribution in [2.75, 3.05) is 38.3 Å². The zero-order valence-corrected chi connectivity index (χ0v) is 20.1. The van der Waals surface area contributed by atoms with Gasteiger partial charge in [0, 0.05) is 12.6 Å². The zero-order valence-electron chi connectivity index (χ0n) is 18.5. The van der Waals surface area contributed by atoms with Crippen LogP contribution in [0, 0.1) is 19.8 Å². The van der Waals surface area contributed by atoms with E-state index in [-0.39, 0.29) is 29.1 Å². The van der Waals surface area contributed by atoms with Crippen molar-refractivity contribution in [1.82, 2.24) is 4.90 Å². The first-order valence-electron chi connectivity index (χ1n) is 10.5. The fraction of sp³-hybridized carbons (Fsp3) is 0.667. The number of hydrogen-bond acceptors (Lipinski definition) is 8. The number of carbonyl (C=O) groups excluding carboxylic acids is 1. The molecule has 2 fully saturated rings. The molecule has 2 aliphatic rings. The quantitative estimate of drug-likeness (QED) is 0.573. The van der Waals surface area contributed by atoms with Crippen LogP contribution in [0.2, 0.25) is 0 Å². The number of sulfone groups is 2. The van der Waals surface area contributed by atoms with Gasteiger partial charge in [-0.15, -0.1) is 0 Å². The standard InChI is InChI=1S/C21H31NO7S2/c1-5-29-21(23)16-7-6-8-22(11-16)17-12-30(24,25)13-20(17)31(26,27)19-10-14(2)18(28-4)9-15(19)3/h9-10,16-17,20H,5-8,11-13H2,1-4H3/t16?,17-,20-/m0/s1. The smallest absolute Gasteiger partial charge is 0.310 e. The normalized spacial score (nSPS) is 26.5. The Bertz CT molecular complexity index is 1050.